The maximum atomic E-state index is 14.5. The monoisotopic (exact) mass is 1260 g/mol. The van der Waals surface area contributed by atoms with Crippen molar-refractivity contribution >= 4 is 89.8 Å². The molecule has 0 aromatic heterocycles. The Balaban J connectivity index is 2.47. The standard InChI is InChI=1S/C55H96N20O12S/c1-31(2)28-38(48(82)74-42(32(3)4)51(85)70-37(19-12-24-66-54(62)63)45(79)68-35(17-10-22-64-52(58)59)44(78)67-34(43(57)77)16-8-9-21-56)71-47(81)39(29-33-14-6-5-7-15-33)72-49(83)40(30-76)73-46(80)36(18-11-23-65-53(60)61)69-50(84)41-20-13-25-75(41)55(86)87-26-27-88/h5-7,14-15,31-32,34-42,76,88H,8-13,16-30,56H2,1-4H3,(H2,57,77)(H,67,78)(H,68,79)(H,69,84)(H,70,85)(H,71,81)(H,72,83)(H,73,80)(H,74,82)(H4,58,59,64)(H4,60,61,65)(H4,62,63,66)/t34-,35-,36-,37-,38-,39-,40-,41-,42-/m0/s1. The number of amides is 10. The van der Waals surface area contributed by atoms with E-state index < -0.39 is 126 Å². The Bertz CT molecular complexity index is 2520. The zero-order valence-corrected chi connectivity index (χ0v) is 51.8. The molecule has 1 aromatic carbocycles. The van der Waals surface area contributed by atoms with E-state index in [1.54, 1.807) is 58.0 Å². The molecule has 1 aromatic rings. The average molecular weight is 1260 g/mol. The van der Waals surface area contributed by atoms with Crippen LogP contribution in [0.3, 0.4) is 0 Å². The third kappa shape index (κ3) is 29.0. The number of carbonyl (C=O) groups is 10. The maximum Gasteiger partial charge on any atom is 0.410 e. The van der Waals surface area contributed by atoms with Crippen molar-refractivity contribution in [1.29, 1.82) is 0 Å². The Morgan fingerprint density at radius 1 is 0.580 bits per heavy atom. The quantitative estimate of drug-likeness (QED) is 0.0126. The fourth-order valence-electron chi connectivity index (χ4n) is 9.21. The number of guanidine groups is 3. The van der Waals surface area contributed by atoms with Gasteiger partial charge in [-0.05, 0) is 101 Å². The maximum absolute atomic E-state index is 14.5. The lowest BCUT2D eigenvalue weighted by Gasteiger charge is -2.29. The molecule has 2 rings (SSSR count). The number of nitrogens with zero attached hydrogens (tertiary/aromatic N) is 4. The third-order valence-corrected chi connectivity index (χ3v) is 13.9. The van der Waals surface area contributed by atoms with E-state index in [0.29, 0.717) is 31.4 Å². The average Bonchev–Trinajstić information content (AvgIpc) is 3.92. The Kier molecular flexibility index (Phi) is 35.4. The molecule has 1 aliphatic heterocycles. The summed E-state index contributed by atoms with van der Waals surface area (Å²) in [6, 6.07) is -3.41. The molecule has 1 heterocycles. The summed E-state index contributed by atoms with van der Waals surface area (Å²) < 4.78 is 5.19. The molecule has 1 saturated heterocycles. The van der Waals surface area contributed by atoms with Gasteiger partial charge in [0.1, 0.15) is 61.0 Å². The number of aliphatic hydroxyl groups is 1. The van der Waals surface area contributed by atoms with Crippen LogP contribution < -0.4 is 88.4 Å². The summed E-state index contributed by atoms with van der Waals surface area (Å²) >= 11 is 4.06. The molecular formula is C55H96N20O12S. The van der Waals surface area contributed by atoms with E-state index in [9.17, 15) is 53.1 Å². The van der Waals surface area contributed by atoms with Crippen LogP contribution in [0.25, 0.3) is 0 Å². The number of unbranched alkanes of at least 4 members (excludes halogenated alkanes) is 1. The Morgan fingerprint density at radius 2 is 1.02 bits per heavy atom. The van der Waals surface area contributed by atoms with Gasteiger partial charge in [-0.15, -0.1) is 0 Å². The highest BCUT2D eigenvalue weighted by atomic mass is 32.1. The highest BCUT2D eigenvalue weighted by Crippen LogP contribution is 2.20. The number of hydrogen-bond donors (Lipinski definition) is 18. The van der Waals surface area contributed by atoms with Gasteiger partial charge in [-0.2, -0.15) is 12.6 Å². The van der Waals surface area contributed by atoms with E-state index in [1.165, 1.54) is 4.90 Å². The number of hydrogen-bond acceptors (Lipinski definition) is 17. The molecular weight excluding hydrogens is 1160 g/mol. The predicted octanol–water partition coefficient (Wildman–Crippen LogP) is -4.89. The molecule has 0 saturated carbocycles. The molecule has 32 nitrogen and oxygen atoms in total. The SMILES string of the molecule is CC(C)C[C@H](NC(=O)[C@H](Cc1ccccc1)NC(=O)[C@H](CO)NC(=O)[C@H](CCCN=C(N)N)NC(=O)[C@@H]1CCCN1C(=O)OCCS)C(=O)N[C@H](C(=O)N[C@@H](CCCN=C(N)N)C(=O)N[C@@H](CCCN=C(N)N)C(=O)N[C@@H](CCCCN)C(N)=O)C(C)C. The van der Waals surface area contributed by atoms with Crippen LogP contribution in [0.5, 0.6) is 0 Å². The molecule has 494 valence electrons. The number of nitrogens with two attached hydrogens (primary N) is 8. The minimum absolute atomic E-state index is 0.00529. The fraction of sp³-hybridized carbons (Fsp3) is 0.655. The predicted molar refractivity (Wildman–Crippen MR) is 334 cm³/mol. The fourth-order valence-corrected chi connectivity index (χ4v) is 9.30. The van der Waals surface area contributed by atoms with Crippen LogP contribution in [0.2, 0.25) is 0 Å². The molecule has 0 radical (unpaired) electrons. The molecule has 33 heteroatoms. The number of ether oxygens (including phenoxy) is 1. The summed E-state index contributed by atoms with van der Waals surface area (Å²) in [4.78, 5) is 152. The molecule has 25 N–H and O–H groups in total. The van der Waals surface area contributed by atoms with Crippen molar-refractivity contribution < 1.29 is 57.8 Å². The van der Waals surface area contributed by atoms with Crippen molar-refractivity contribution in [1.82, 2.24) is 47.4 Å². The largest absolute Gasteiger partial charge is 0.449 e. The molecule has 1 fully saturated rings. The van der Waals surface area contributed by atoms with E-state index in [1.807, 2.05) is 0 Å². The topological polar surface area (TPSA) is 545 Å². The zero-order chi connectivity index (χ0) is 65.9. The van der Waals surface area contributed by atoms with Crippen LogP contribution in [0, 0.1) is 11.8 Å². The van der Waals surface area contributed by atoms with Crippen LogP contribution in [0.1, 0.15) is 110 Å². The molecule has 0 unspecified atom stereocenters. The van der Waals surface area contributed by atoms with E-state index in [4.69, 9.17) is 50.6 Å². The van der Waals surface area contributed by atoms with Crippen LogP contribution in [0.15, 0.2) is 45.3 Å². The highest BCUT2D eigenvalue weighted by molar-refractivity contribution is 7.80. The lowest BCUT2D eigenvalue weighted by molar-refractivity contribution is -0.136. The van der Waals surface area contributed by atoms with Gasteiger partial charge in [-0.1, -0.05) is 58.0 Å². The van der Waals surface area contributed by atoms with Gasteiger partial charge in [0.2, 0.25) is 53.2 Å². The zero-order valence-electron chi connectivity index (χ0n) is 50.9. The van der Waals surface area contributed by atoms with Crippen molar-refractivity contribution in [3.8, 4) is 0 Å². The van der Waals surface area contributed by atoms with Crippen LogP contribution in [0.4, 0.5) is 4.79 Å². The smallest absolute Gasteiger partial charge is 0.410 e. The van der Waals surface area contributed by atoms with Crippen molar-refractivity contribution in [2.24, 2.45) is 72.7 Å². The van der Waals surface area contributed by atoms with Gasteiger partial charge >= 0.3 is 6.09 Å². The first kappa shape index (κ1) is 75.9. The van der Waals surface area contributed by atoms with E-state index >= 15 is 0 Å². The van der Waals surface area contributed by atoms with Gasteiger partial charge in [0, 0.05) is 38.4 Å². The number of aliphatic imine (C=N–C) groups is 3. The summed E-state index contributed by atoms with van der Waals surface area (Å²) in [7, 11) is 0. The molecule has 0 spiro atoms. The summed E-state index contributed by atoms with van der Waals surface area (Å²) in [5.74, 6) is -8.76. The van der Waals surface area contributed by atoms with Crippen molar-refractivity contribution in [3.05, 3.63) is 35.9 Å². The highest BCUT2D eigenvalue weighted by Gasteiger charge is 2.39. The van der Waals surface area contributed by atoms with E-state index in [-0.39, 0.29) is 127 Å². The number of rotatable bonds is 41. The second-order valence-corrected chi connectivity index (χ2v) is 22.3. The van der Waals surface area contributed by atoms with Crippen molar-refractivity contribution in [2.75, 3.05) is 51.7 Å². The van der Waals surface area contributed by atoms with Gasteiger partial charge < -0.3 is 98.2 Å². The Hall–Kier alpha value is -8.20. The third-order valence-electron chi connectivity index (χ3n) is 13.8. The normalized spacial score (nSPS) is 15.5. The number of likely N-dealkylation sites (tertiary alicyclic amines) is 1. The minimum atomic E-state index is -1.70. The van der Waals surface area contributed by atoms with Gasteiger partial charge in [-0.25, -0.2) is 4.79 Å². The van der Waals surface area contributed by atoms with Gasteiger partial charge in [0.05, 0.1) is 6.61 Å². The molecule has 0 bridgehead atoms. The first-order valence-electron chi connectivity index (χ1n) is 29.5. The van der Waals surface area contributed by atoms with Crippen LogP contribution in [-0.2, 0) is 54.3 Å². The van der Waals surface area contributed by atoms with Crippen molar-refractivity contribution in [3.63, 3.8) is 0 Å². The number of carbonyl (C=O) groups excluding carboxylic acids is 10. The second-order valence-electron chi connectivity index (χ2n) is 21.9. The van der Waals surface area contributed by atoms with E-state index in [0.717, 1.165) is 0 Å². The van der Waals surface area contributed by atoms with Crippen LogP contribution >= 0.6 is 12.6 Å². The van der Waals surface area contributed by atoms with Gasteiger partial charge in [0.15, 0.2) is 17.9 Å². The van der Waals surface area contributed by atoms with Gasteiger partial charge in [-0.3, -0.25) is 63.0 Å². The van der Waals surface area contributed by atoms with Gasteiger partial charge in [0.25, 0.3) is 0 Å². The summed E-state index contributed by atoms with van der Waals surface area (Å²) in [6.07, 6.45) is 1.43. The lowest BCUT2D eigenvalue weighted by atomic mass is 9.98. The number of aliphatic hydroxyl groups excluding tert-OH is 1. The lowest BCUT2D eigenvalue weighted by Crippen LogP contribution is -2.61. The number of primary amides is 1. The molecule has 1 aliphatic rings. The molecule has 9 atom stereocenters. The number of thiol groups is 1. The molecule has 88 heavy (non-hydrogen) atoms. The van der Waals surface area contributed by atoms with E-state index in [2.05, 4.69) is 70.1 Å². The van der Waals surface area contributed by atoms with Crippen molar-refractivity contribution in [2.45, 2.75) is 166 Å². The summed E-state index contributed by atoms with van der Waals surface area (Å²) in [6.45, 7) is 6.60. The molecule has 10 amide bonds. The Labute approximate surface area is 519 Å². The Morgan fingerprint density at radius 3 is 1.50 bits per heavy atom. The minimum Gasteiger partial charge on any atom is -0.449 e. The van der Waals surface area contributed by atoms with Crippen LogP contribution in [-0.4, -0.2) is 193 Å². The first-order chi connectivity index (χ1) is 41.7. The molecule has 0 aliphatic carbocycles. The summed E-state index contributed by atoms with van der Waals surface area (Å²) in [5.41, 5.74) is 44.9. The summed E-state index contributed by atoms with van der Waals surface area (Å²) in [5, 5.41) is 31.7. The first-order valence-corrected chi connectivity index (χ1v) is 30.1. The second kappa shape index (κ2) is 41.0. The number of benzene rings is 1. The number of nitrogens with one attached hydrogen (secondary N) is 8.